The van der Waals surface area contributed by atoms with Crippen LogP contribution in [-0.2, 0) is 0 Å². The van der Waals surface area contributed by atoms with E-state index in [9.17, 15) is 9.59 Å². The summed E-state index contributed by atoms with van der Waals surface area (Å²) in [7, 11) is 1.58. The summed E-state index contributed by atoms with van der Waals surface area (Å²) in [4.78, 5) is 29.1. The number of rotatable bonds is 5. The fraction of sp³-hybridized carbons (Fsp3) is 0.208. The summed E-state index contributed by atoms with van der Waals surface area (Å²) in [6.45, 7) is 1.60. The Bertz CT molecular complexity index is 1350. The molecule has 2 aromatic heterocycles. The first-order valence-electron chi connectivity index (χ1n) is 10.4. The number of aromatic nitrogens is 3. The number of nitrogens with zero attached hydrogens (tertiary/aromatic N) is 3. The van der Waals surface area contributed by atoms with Crippen molar-refractivity contribution in [3.8, 4) is 22.6 Å². The number of nitrogens with one attached hydrogen (secondary N) is 1. The first kappa shape index (κ1) is 22.6. The first-order chi connectivity index (χ1) is 15.6. The van der Waals surface area contributed by atoms with Crippen molar-refractivity contribution in [2.24, 2.45) is 0 Å². The molecule has 1 fully saturated rings. The Balaban J connectivity index is 0.00000259. The number of imidazole rings is 1. The van der Waals surface area contributed by atoms with Crippen LogP contribution in [0.2, 0.25) is 0 Å². The maximum atomic E-state index is 13.5. The quantitative estimate of drug-likeness (QED) is 0.467. The highest BCUT2D eigenvalue weighted by Crippen LogP contribution is 2.27. The molecule has 0 aliphatic carbocycles. The predicted molar refractivity (Wildman–Crippen MR) is 128 cm³/mol. The van der Waals surface area contributed by atoms with E-state index >= 15 is 0 Å². The van der Waals surface area contributed by atoms with Crippen molar-refractivity contribution in [2.75, 3.05) is 20.2 Å². The molecule has 1 aliphatic rings. The fourth-order valence-electron chi connectivity index (χ4n) is 4.24. The summed E-state index contributed by atoms with van der Waals surface area (Å²) < 4.78 is 8.79. The van der Waals surface area contributed by atoms with Crippen LogP contribution in [0.1, 0.15) is 22.8 Å². The molecule has 2 N–H and O–H groups in total. The van der Waals surface area contributed by atoms with Gasteiger partial charge in [-0.1, -0.05) is 24.3 Å². The minimum Gasteiger partial charge on any atom is -0.495 e. The minimum atomic E-state index is -0.954. The number of halogens is 1. The van der Waals surface area contributed by atoms with Gasteiger partial charge >= 0.3 is 11.7 Å². The molecule has 8 nitrogen and oxygen atoms in total. The number of hydrogen-bond donors (Lipinski definition) is 2. The third-order valence-electron chi connectivity index (χ3n) is 5.91. The summed E-state index contributed by atoms with van der Waals surface area (Å²) in [5.41, 5.74) is 4.00. The molecular weight excluding hydrogens is 444 g/mol. The lowest BCUT2D eigenvalue weighted by molar-refractivity contribution is 0.0697. The summed E-state index contributed by atoms with van der Waals surface area (Å²) in [5.74, 6) is -0.368. The average molecular weight is 467 g/mol. The lowest BCUT2D eigenvalue weighted by Gasteiger charge is -2.09. The van der Waals surface area contributed by atoms with E-state index in [1.807, 2.05) is 30.3 Å². The minimum absolute atomic E-state index is 0. The number of carboxylic acids is 1. The molecule has 1 saturated heterocycles. The Kier molecular flexibility index (Phi) is 6.22. The van der Waals surface area contributed by atoms with Crippen LogP contribution in [0.3, 0.4) is 0 Å². The van der Waals surface area contributed by atoms with E-state index in [1.165, 1.54) is 0 Å². The number of methoxy groups -OCH3 is 1. The van der Waals surface area contributed by atoms with Crippen molar-refractivity contribution < 1.29 is 14.6 Å². The molecule has 0 unspecified atom stereocenters. The number of hydrogen-bond acceptors (Lipinski definition) is 5. The maximum Gasteiger partial charge on any atom is 0.335 e. The van der Waals surface area contributed by atoms with E-state index in [0.29, 0.717) is 16.9 Å². The number of pyridine rings is 1. The lowest BCUT2D eigenvalue weighted by atomic mass is 10.0. The van der Waals surface area contributed by atoms with Gasteiger partial charge < -0.3 is 15.2 Å². The monoisotopic (exact) mass is 466 g/mol. The summed E-state index contributed by atoms with van der Waals surface area (Å²) >= 11 is 0. The zero-order valence-electron chi connectivity index (χ0n) is 17.9. The number of carbonyl (C=O) groups is 1. The third kappa shape index (κ3) is 3.99. The summed E-state index contributed by atoms with van der Waals surface area (Å²) in [6.07, 6.45) is 2.51. The van der Waals surface area contributed by atoms with Gasteiger partial charge in [-0.15, -0.1) is 12.4 Å². The van der Waals surface area contributed by atoms with E-state index < -0.39 is 5.97 Å². The molecule has 5 rings (SSSR count). The highest BCUT2D eigenvalue weighted by molar-refractivity contribution is 5.88. The number of benzene rings is 2. The number of carboxylic acid groups (broad SMARTS) is 1. The van der Waals surface area contributed by atoms with E-state index in [2.05, 4.69) is 10.3 Å². The molecule has 4 aromatic rings. The fourth-order valence-corrected chi connectivity index (χ4v) is 4.24. The van der Waals surface area contributed by atoms with E-state index in [4.69, 9.17) is 9.84 Å². The molecule has 0 radical (unpaired) electrons. The molecule has 9 heteroatoms. The Morgan fingerprint density at radius 1 is 1.12 bits per heavy atom. The van der Waals surface area contributed by atoms with Crippen LogP contribution in [0.15, 0.2) is 65.6 Å². The van der Waals surface area contributed by atoms with Gasteiger partial charge in [-0.2, -0.15) is 0 Å². The van der Waals surface area contributed by atoms with Gasteiger partial charge in [0.2, 0.25) is 0 Å². The van der Waals surface area contributed by atoms with Gasteiger partial charge in [-0.25, -0.2) is 14.6 Å². The normalized spacial score (nSPS) is 15.4. The standard InChI is InChI=1S/C24H22N4O4.ClH/c1-32-20-12-21-22(26-14-20)28(19-10-11-25-13-19)24(31)27(21)18-8-6-16(7-9-18)15-2-4-17(5-3-15)23(29)30;/h2-9,12,14,19,25H,10-11,13H2,1H3,(H,29,30);1H/t19-;/m0./s1. The molecular formula is C24H23ClN4O4. The molecule has 3 heterocycles. The van der Waals surface area contributed by atoms with Gasteiger partial charge in [0.15, 0.2) is 5.65 Å². The third-order valence-corrected chi connectivity index (χ3v) is 5.91. The Hall–Kier alpha value is -3.62. The van der Waals surface area contributed by atoms with Crippen molar-refractivity contribution >= 4 is 29.5 Å². The second-order valence-electron chi connectivity index (χ2n) is 7.78. The topological polar surface area (TPSA) is 98.4 Å². The molecule has 33 heavy (non-hydrogen) atoms. The molecule has 1 atom stereocenters. The number of aromatic carboxylic acids is 1. The van der Waals surface area contributed by atoms with Crippen LogP contribution in [0.5, 0.6) is 5.75 Å². The zero-order chi connectivity index (χ0) is 22.2. The van der Waals surface area contributed by atoms with Gasteiger partial charge in [0.25, 0.3) is 0 Å². The van der Waals surface area contributed by atoms with Crippen molar-refractivity contribution in [1.82, 2.24) is 19.4 Å². The first-order valence-corrected chi connectivity index (χ1v) is 10.4. The molecule has 2 aromatic carbocycles. The van der Waals surface area contributed by atoms with Gasteiger partial charge in [0, 0.05) is 12.6 Å². The Morgan fingerprint density at radius 2 is 1.79 bits per heavy atom. The van der Waals surface area contributed by atoms with Crippen LogP contribution in [0, 0.1) is 0 Å². The van der Waals surface area contributed by atoms with Gasteiger partial charge in [0.1, 0.15) is 5.75 Å². The van der Waals surface area contributed by atoms with Gasteiger partial charge in [-0.3, -0.25) is 9.13 Å². The van der Waals surface area contributed by atoms with Gasteiger partial charge in [0.05, 0.1) is 36.1 Å². The smallest absolute Gasteiger partial charge is 0.335 e. The van der Waals surface area contributed by atoms with Gasteiger partial charge in [-0.05, 0) is 48.4 Å². The van der Waals surface area contributed by atoms with Crippen LogP contribution in [0.25, 0.3) is 28.0 Å². The molecule has 0 saturated carbocycles. The van der Waals surface area contributed by atoms with Crippen LogP contribution in [0.4, 0.5) is 0 Å². The van der Waals surface area contributed by atoms with Crippen molar-refractivity contribution in [1.29, 1.82) is 0 Å². The number of fused-ring (bicyclic) bond motifs is 1. The van der Waals surface area contributed by atoms with Crippen LogP contribution < -0.4 is 15.7 Å². The average Bonchev–Trinajstić information content (AvgIpc) is 3.44. The number of ether oxygens (including phenoxy) is 1. The van der Waals surface area contributed by atoms with Crippen molar-refractivity contribution in [2.45, 2.75) is 12.5 Å². The highest BCUT2D eigenvalue weighted by atomic mass is 35.5. The molecule has 0 amide bonds. The molecule has 0 spiro atoms. The van der Waals surface area contributed by atoms with E-state index in [-0.39, 0.29) is 29.7 Å². The van der Waals surface area contributed by atoms with Crippen LogP contribution >= 0.6 is 12.4 Å². The summed E-state index contributed by atoms with van der Waals surface area (Å²) in [6, 6.07) is 16.2. The largest absolute Gasteiger partial charge is 0.495 e. The van der Waals surface area contributed by atoms with Crippen molar-refractivity contribution in [3.63, 3.8) is 0 Å². The second kappa shape index (κ2) is 9.09. The predicted octanol–water partition coefficient (Wildman–Crippen LogP) is 3.52. The molecule has 0 bridgehead atoms. The van der Waals surface area contributed by atoms with Crippen LogP contribution in [-0.4, -0.2) is 45.4 Å². The maximum absolute atomic E-state index is 13.5. The van der Waals surface area contributed by atoms with Crippen molar-refractivity contribution in [3.05, 3.63) is 76.8 Å². The second-order valence-corrected chi connectivity index (χ2v) is 7.78. The van der Waals surface area contributed by atoms with E-state index in [1.54, 1.807) is 46.7 Å². The molecule has 170 valence electrons. The summed E-state index contributed by atoms with van der Waals surface area (Å²) in [5, 5.41) is 12.4. The Labute approximate surface area is 195 Å². The Morgan fingerprint density at radius 3 is 2.36 bits per heavy atom. The highest BCUT2D eigenvalue weighted by Gasteiger charge is 2.25. The van der Waals surface area contributed by atoms with E-state index in [0.717, 1.165) is 36.3 Å². The zero-order valence-corrected chi connectivity index (χ0v) is 18.7. The molecule has 1 aliphatic heterocycles. The lowest BCUT2D eigenvalue weighted by Crippen LogP contribution is -2.28. The SMILES string of the molecule is COc1cnc2c(c1)n(-c1ccc(-c3ccc(C(=O)O)cc3)cc1)c(=O)n2[C@H]1CCNC1.Cl.